The molecule has 0 radical (unpaired) electrons. The minimum atomic E-state index is 0.0327. The van der Waals surface area contributed by atoms with Crippen molar-refractivity contribution in [2.24, 2.45) is 0 Å². The van der Waals surface area contributed by atoms with Gasteiger partial charge in [-0.3, -0.25) is 0 Å². The van der Waals surface area contributed by atoms with Crippen LogP contribution in [0.5, 0.6) is 0 Å². The Labute approximate surface area is 94.8 Å². The lowest BCUT2D eigenvalue weighted by molar-refractivity contribution is 0.00739. The van der Waals surface area contributed by atoms with Crippen molar-refractivity contribution in [3.05, 3.63) is 0 Å². The van der Waals surface area contributed by atoms with Crippen molar-refractivity contribution < 1.29 is 4.74 Å². The molecule has 0 aromatic carbocycles. The first-order valence-electron chi connectivity index (χ1n) is 6.34. The normalized spacial score (nSPS) is 27.2. The summed E-state index contributed by atoms with van der Waals surface area (Å²) in [4.78, 5) is 0. The highest BCUT2D eigenvalue weighted by atomic mass is 16.5. The van der Waals surface area contributed by atoms with Crippen molar-refractivity contribution in [2.45, 2.75) is 70.4 Å². The van der Waals surface area contributed by atoms with Crippen molar-refractivity contribution in [3.63, 3.8) is 0 Å². The van der Waals surface area contributed by atoms with Gasteiger partial charge in [0.1, 0.15) is 0 Å². The Morgan fingerprint density at radius 2 is 2.07 bits per heavy atom. The van der Waals surface area contributed by atoms with Crippen molar-refractivity contribution >= 4 is 0 Å². The highest BCUT2D eigenvalue weighted by Crippen LogP contribution is 2.32. The zero-order chi connectivity index (χ0) is 11.4. The molecule has 0 spiro atoms. The Kier molecular flexibility index (Phi) is 4.60. The maximum absolute atomic E-state index is 5.49. The summed E-state index contributed by atoms with van der Waals surface area (Å²) in [5, 5.41) is 3.71. The third-order valence-corrected chi connectivity index (χ3v) is 3.82. The standard InChI is InChI=1S/C13H27NO/c1-5-7-13(8-6-11-14-13)10-9-12(2,3)15-4/h14H,5-11H2,1-4H3. The minimum Gasteiger partial charge on any atom is -0.379 e. The predicted molar refractivity (Wildman–Crippen MR) is 65.2 cm³/mol. The lowest BCUT2D eigenvalue weighted by Crippen LogP contribution is -2.41. The molecule has 15 heavy (non-hydrogen) atoms. The number of methoxy groups -OCH3 is 1. The van der Waals surface area contributed by atoms with E-state index in [0.29, 0.717) is 5.54 Å². The van der Waals surface area contributed by atoms with E-state index in [1.807, 2.05) is 7.11 Å². The molecule has 0 aromatic heterocycles. The topological polar surface area (TPSA) is 21.3 Å². The molecule has 90 valence electrons. The van der Waals surface area contributed by atoms with Crippen molar-refractivity contribution in [1.29, 1.82) is 0 Å². The summed E-state index contributed by atoms with van der Waals surface area (Å²) in [6.07, 6.45) is 7.68. The second-order valence-electron chi connectivity index (χ2n) is 5.52. The van der Waals surface area contributed by atoms with Crippen LogP contribution in [0.4, 0.5) is 0 Å². The van der Waals surface area contributed by atoms with Gasteiger partial charge in [0.05, 0.1) is 5.60 Å². The second kappa shape index (κ2) is 5.31. The fourth-order valence-electron chi connectivity index (χ4n) is 2.54. The molecule has 1 N–H and O–H groups in total. The SMILES string of the molecule is CCCC1(CCC(C)(C)OC)CCCN1. The van der Waals surface area contributed by atoms with E-state index in [0.717, 1.165) is 6.42 Å². The van der Waals surface area contributed by atoms with E-state index < -0.39 is 0 Å². The fourth-order valence-corrected chi connectivity index (χ4v) is 2.54. The quantitative estimate of drug-likeness (QED) is 0.732. The molecule has 1 aliphatic rings. The monoisotopic (exact) mass is 213 g/mol. The average Bonchev–Trinajstić information content (AvgIpc) is 2.65. The molecule has 1 aliphatic heterocycles. The first-order valence-corrected chi connectivity index (χ1v) is 6.34. The van der Waals surface area contributed by atoms with Gasteiger partial charge in [-0.05, 0) is 52.5 Å². The molecular weight excluding hydrogens is 186 g/mol. The molecule has 1 atom stereocenters. The van der Waals surface area contributed by atoms with Gasteiger partial charge in [-0.2, -0.15) is 0 Å². The molecule has 0 bridgehead atoms. The molecule has 0 amide bonds. The van der Waals surface area contributed by atoms with E-state index in [-0.39, 0.29) is 5.60 Å². The molecule has 2 heteroatoms. The fraction of sp³-hybridized carbons (Fsp3) is 1.00. The van der Waals surface area contributed by atoms with Crippen molar-refractivity contribution in [3.8, 4) is 0 Å². The predicted octanol–water partition coefficient (Wildman–Crippen LogP) is 3.11. The van der Waals surface area contributed by atoms with Crippen LogP contribution in [0.25, 0.3) is 0 Å². The maximum Gasteiger partial charge on any atom is 0.0623 e. The lowest BCUT2D eigenvalue weighted by Gasteiger charge is -2.33. The third-order valence-electron chi connectivity index (χ3n) is 3.82. The molecule has 1 heterocycles. The summed E-state index contributed by atoms with van der Waals surface area (Å²) in [6, 6.07) is 0. The van der Waals surface area contributed by atoms with E-state index in [1.165, 1.54) is 38.6 Å². The first kappa shape index (κ1) is 13.0. The average molecular weight is 213 g/mol. The Balaban J connectivity index is 2.45. The molecular formula is C13H27NO. The van der Waals surface area contributed by atoms with Gasteiger partial charge in [0.25, 0.3) is 0 Å². The van der Waals surface area contributed by atoms with E-state index in [9.17, 15) is 0 Å². The first-order chi connectivity index (χ1) is 7.04. The number of nitrogens with one attached hydrogen (secondary N) is 1. The van der Waals surface area contributed by atoms with Gasteiger partial charge in [-0.15, -0.1) is 0 Å². The van der Waals surface area contributed by atoms with E-state index >= 15 is 0 Å². The summed E-state index contributed by atoms with van der Waals surface area (Å²) in [5.74, 6) is 0. The Hall–Kier alpha value is -0.0800. The van der Waals surface area contributed by atoms with Crippen LogP contribution >= 0.6 is 0 Å². The smallest absolute Gasteiger partial charge is 0.0623 e. The Morgan fingerprint density at radius 3 is 2.53 bits per heavy atom. The van der Waals surface area contributed by atoms with Crippen LogP contribution in [-0.4, -0.2) is 24.8 Å². The minimum absolute atomic E-state index is 0.0327. The van der Waals surface area contributed by atoms with Gasteiger partial charge >= 0.3 is 0 Å². The van der Waals surface area contributed by atoms with Crippen molar-refractivity contribution in [2.75, 3.05) is 13.7 Å². The van der Waals surface area contributed by atoms with Gasteiger partial charge in [0, 0.05) is 12.6 Å². The number of rotatable bonds is 6. The summed E-state index contributed by atoms with van der Waals surface area (Å²) in [5.41, 5.74) is 0.454. The highest BCUT2D eigenvalue weighted by molar-refractivity contribution is 4.93. The molecule has 0 saturated carbocycles. The largest absolute Gasteiger partial charge is 0.379 e. The van der Waals surface area contributed by atoms with Gasteiger partial charge in [0.2, 0.25) is 0 Å². The summed E-state index contributed by atoms with van der Waals surface area (Å²) < 4.78 is 5.49. The van der Waals surface area contributed by atoms with E-state index in [1.54, 1.807) is 0 Å². The van der Waals surface area contributed by atoms with Crippen LogP contribution in [0.3, 0.4) is 0 Å². The van der Waals surface area contributed by atoms with Gasteiger partial charge in [-0.25, -0.2) is 0 Å². The zero-order valence-corrected chi connectivity index (χ0v) is 10.9. The molecule has 1 saturated heterocycles. The highest BCUT2D eigenvalue weighted by Gasteiger charge is 2.33. The van der Waals surface area contributed by atoms with Crippen LogP contribution < -0.4 is 5.32 Å². The molecule has 1 fully saturated rings. The van der Waals surface area contributed by atoms with Gasteiger partial charge < -0.3 is 10.1 Å². The van der Waals surface area contributed by atoms with E-state index in [2.05, 4.69) is 26.1 Å². The lowest BCUT2D eigenvalue weighted by atomic mass is 9.84. The van der Waals surface area contributed by atoms with Crippen LogP contribution in [0.15, 0.2) is 0 Å². The van der Waals surface area contributed by atoms with Crippen LogP contribution in [0.2, 0.25) is 0 Å². The molecule has 1 unspecified atom stereocenters. The zero-order valence-electron chi connectivity index (χ0n) is 10.9. The maximum atomic E-state index is 5.49. The molecule has 0 aliphatic carbocycles. The Bertz CT molecular complexity index is 183. The molecule has 0 aromatic rings. The van der Waals surface area contributed by atoms with E-state index in [4.69, 9.17) is 4.74 Å². The second-order valence-corrected chi connectivity index (χ2v) is 5.52. The molecule has 2 nitrogen and oxygen atoms in total. The van der Waals surface area contributed by atoms with Crippen LogP contribution in [0.1, 0.15) is 59.3 Å². The Morgan fingerprint density at radius 1 is 1.33 bits per heavy atom. The van der Waals surface area contributed by atoms with Gasteiger partial charge in [-0.1, -0.05) is 13.3 Å². The molecule has 1 rings (SSSR count). The van der Waals surface area contributed by atoms with Crippen LogP contribution in [-0.2, 0) is 4.74 Å². The number of hydrogen-bond acceptors (Lipinski definition) is 2. The van der Waals surface area contributed by atoms with Crippen molar-refractivity contribution in [1.82, 2.24) is 5.32 Å². The summed E-state index contributed by atoms with van der Waals surface area (Å²) in [6.45, 7) is 7.85. The van der Waals surface area contributed by atoms with Crippen LogP contribution in [0, 0.1) is 0 Å². The number of ether oxygens (including phenoxy) is 1. The third kappa shape index (κ3) is 3.76. The summed E-state index contributed by atoms with van der Waals surface area (Å²) >= 11 is 0. The number of hydrogen-bond donors (Lipinski definition) is 1. The van der Waals surface area contributed by atoms with Gasteiger partial charge in [0.15, 0.2) is 0 Å². The summed E-state index contributed by atoms with van der Waals surface area (Å²) in [7, 11) is 1.81.